The lowest BCUT2D eigenvalue weighted by Gasteiger charge is -2.10. The van der Waals surface area contributed by atoms with Gasteiger partial charge in [-0.05, 0) is 12.1 Å². The van der Waals surface area contributed by atoms with Crippen LogP contribution in [0, 0.1) is 0 Å². The van der Waals surface area contributed by atoms with E-state index in [-0.39, 0.29) is 16.3 Å². The Kier molecular flexibility index (Phi) is 3.43. The van der Waals surface area contributed by atoms with Crippen molar-refractivity contribution in [2.45, 2.75) is 0 Å². The summed E-state index contributed by atoms with van der Waals surface area (Å²) >= 11 is 11.9. The lowest BCUT2D eigenvalue weighted by Crippen LogP contribution is -2.37. The Morgan fingerprint density at radius 2 is 1.74 bits per heavy atom. The van der Waals surface area contributed by atoms with Crippen molar-refractivity contribution in [3.8, 4) is 11.1 Å². The highest BCUT2D eigenvalue weighted by molar-refractivity contribution is 6.37. The smallest absolute Gasteiger partial charge is 0.330 e. The van der Waals surface area contributed by atoms with Gasteiger partial charge in [0, 0.05) is 30.9 Å². The van der Waals surface area contributed by atoms with E-state index in [1.807, 2.05) is 0 Å². The van der Waals surface area contributed by atoms with Crippen LogP contribution in [0.25, 0.3) is 11.1 Å². The molecule has 19 heavy (non-hydrogen) atoms. The first-order valence-corrected chi connectivity index (χ1v) is 6.10. The molecule has 0 bridgehead atoms. The number of hydrogen-bond acceptors (Lipinski definition) is 3. The molecule has 0 fully saturated rings. The number of halogens is 2. The van der Waals surface area contributed by atoms with Crippen molar-refractivity contribution in [3.05, 3.63) is 49.2 Å². The monoisotopic (exact) mass is 299 g/mol. The molecule has 7 heteroatoms. The van der Waals surface area contributed by atoms with Crippen molar-refractivity contribution in [3.63, 3.8) is 0 Å². The van der Waals surface area contributed by atoms with E-state index in [2.05, 4.69) is 0 Å². The summed E-state index contributed by atoms with van der Waals surface area (Å²) < 4.78 is 2.30. The largest absolute Gasteiger partial charge is 0.397 e. The zero-order chi connectivity index (χ0) is 14.3. The average molecular weight is 300 g/mol. The van der Waals surface area contributed by atoms with Crippen LogP contribution in [0.2, 0.25) is 10.0 Å². The predicted molar refractivity (Wildman–Crippen MR) is 76.8 cm³/mol. The topological polar surface area (TPSA) is 70.0 Å². The summed E-state index contributed by atoms with van der Waals surface area (Å²) in [5, 5.41) is 0.628. The van der Waals surface area contributed by atoms with Crippen LogP contribution in [-0.4, -0.2) is 9.13 Å². The second kappa shape index (κ2) is 4.75. The standard InChI is InChI=1S/C12H11Cl2N3O2/c1-16-5-8(11(18)17(2)12(16)19)7-3-6(13)4-9(14)10(7)15/h3-5H,15H2,1-2H3. The van der Waals surface area contributed by atoms with Gasteiger partial charge in [-0.3, -0.25) is 9.36 Å². The number of aryl methyl sites for hydroxylation is 1. The first-order chi connectivity index (χ1) is 8.82. The van der Waals surface area contributed by atoms with E-state index < -0.39 is 11.2 Å². The third kappa shape index (κ3) is 2.27. The van der Waals surface area contributed by atoms with E-state index in [0.29, 0.717) is 10.6 Å². The molecular formula is C12H11Cl2N3O2. The molecule has 0 unspecified atom stereocenters. The van der Waals surface area contributed by atoms with E-state index >= 15 is 0 Å². The van der Waals surface area contributed by atoms with Gasteiger partial charge in [0.2, 0.25) is 0 Å². The Morgan fingerprint density at radius 1 is 1.11 bits per heavy atom. The molecule has 0 amide bonds. The maximum atomic E-state index is 12.1. The van der Waals surface area contributed by atoms with E-state index in [1.54, 1.807) is 13.1 Å². The highest BCUT2D eigenvalue weighted by atomic mass is 35.5. The first kappa shape index (κ1) is 13.7. The zero-order valence-corrected chi connectivity index (χ0v) is 11.8. The molecule has 0 saturated carbocycles. The number of aromatic nitrogens is 2. The van der Waals surface area contributed by atoms with Crippen LogP contribution < -0.4 is 17.0 Å². The molecule has 0 radical (unpaired) electrons. The van der Waals surface area contributed by atoms with Gasteiger partial charge < -0.3 is 10.3 Å². The second-order valence-electron chi connectivity index (χ2n) is 4.15. The average Bonchev–Trinajstić information content (AvgIpc) is 2.36. The van der Waals surface area contributed by atoms with Crippen LogP contribution in [-0.2, 0) is 14.1 Å². The molecule has 2 N–H and O–H groups in total. The van der Waals surface area contributed by atoms with Gasteiger partial charge in [0.1, 0.15) is 0 Å². The Morgan fingerprint density at radius 3 is 2.37 bits per heavy atom. The van der Waals surface area contributed by atoms with Crippen molar-refractivity contribution >= 4 is 28.9 Å². The number of nitrogens with zero attached hydrogens (tertiary/aromatic N) is 2. The SMILES string of the molecule is Cn1cc(-c2cc(Cl)cc(Cl)c2N)c(=O)n(C)c1=O. The molecule has 0 saturated heterocycles. The van der Waals surface area contributed by atoms with Crippen LogP contribution in [0.5, 0.6) is 0 Å². The number of nitrogen functional groups attached to an aromatic ring is 1. The summed E-state index contributed by atoms with van der Waals surface area (Å²) in [6.45, 7) is 0. The Balaban J connectivity index is 2.88. The normalized spacial score (nSPS) is 10.7. The van der Waals surface area contributed by atoms with Crippen molar-refractivity contribution in [2.24, 2.45) is 14.1 Å². The van der Waals surface area contributed by atoms with Crippen LogP contribution >= 0.6 is 23.2 Å². The van der Waals surface area contributed by atoms with E-state index in [4.69, 9.17) is 28.9 Å². The van der Waals surface area contributed by atoms with Crippen molar-refractivity contribution in [1.82, 2.24) is 9.13 Å². The number of hydrogen-bond donors (Lipinski definition) is 1. The molecule has 0 spiro atoms. The summed E-state index contributed by atoms with van der Waals surface area (Å²) in [5.41, 5.74) is 5.93. The van der Waals surface area contributed by atoms with Crippen LogP contribution in [0.1, 0.15) is 0 Å². The fourth-order valence-electron chi connectivity index (χ4n) is 1.80. The second-order valence-corrected chi connectivity index (χ2v) is 4.99. The third-order valence-corrected chi connectivity index (χ3v) is 3.36. The Bertz CT molecular complexity index is 778. The minimum absolute atomic E-state index is 0.252. The van der Waals surface area contributed by atoms with Gasteiger partial charge in [-0.1, -0.05) is 23.2 Å². The van der Waals surface area contributed by atoms with E-state index in [9.17, 15) is 9.59 Å². The lowest BCUT2D eigenvalue weighted by molar-refractivity contribution is 0.689. The van der Waals surface area contributed by atoms with Crippen LogP contribution in [0.3, 0.4) is 0 Å². The zero-order valence-electron chi connectivity index (χ0n) is 10.3. The molecule has 5 nitrogen and oxygen atoms in total. The summed E-state index contributed by atoms with van der Waals surface area (Å²) in [6, 6.07) is 3.04. The Labute approximate surface area is 118 Å². The minimum atomic E-state index is -0.451. The number of rotatable bonds is 1. The maximum Gasteiger partial charge on any atom is 0.330 e. The van der Waals surface area contributed by atoms with Gasteiger partial charge in [-0.25, -0.2) is 4.79 Å². The van der Waals surface area contributed by atoms with Crippen LogP contribution in [0.15, 0.2) is 27.9 Å². The predicted octanol–water partition coefficient (Wildman–Crippen LogP) is 1.64. The molecule has 1 aromatic heterocycles. The van der Waals surface area contributed by atoms with Gasteiger partial charge in [0.05, 0.1) is 16.3 Å². The van der Waals surface area contributed by atoms with Crippen molar-refractivity contribution in [2.75, 3.05) is 5.73 Å². The third-order valence-electron chi connectivity index (χ3n) is 2.83. The summed E-state index contributed by atoms with van der Waals surface area (Å²) in [7, 11) is 2.95. The van der Waals surface area contributed by atoms with Crippen molar-refractivity contribution < 1.29 is 0 Å². The summed E-state index contributed by atoms with van der Waals surface area (Å²) in [6.07, 6.45) is 1.42. The quantitative estimate of drug-likeness (QED) is 0.814. The summed E-state index contributed by atoms with van der Waals surface area (Å²) in [4.78, 5) is 23.8. The molecule has 1 heterocycles. The molecule has 100 valence electrons. The van der Waals surface area contributed by atoms with E-state index in [0.717, 1.165) is 4.57 Å². The lowest BCUT2D eigenvalue weighted by atomic mass is 10.1. The minimum Gasteiger partial charge on any atom is -0.397 e. The molecule has 1 aromatic carbocycles. The summed E-state index contributed by atoms with van der Waals surface area (Å²) in [5.74, 6) is 0. The first-order valence-electron chi connectivity index (χ1n) is 5.34. The fourth-order valence-corrected chi connectivity index (χ4v) is 2.29. The van der Waals surface area contributed by atoms with Gasteiger partial charge >= 0.3 is 5.69 Å². The number of benzene rings is 1. The molecule has 2 aromatic rings. The number of nitrogens with two attached hydrogens (primary N) is 1. The van der Waals surface area contributed by atoms with Crippen LogP contribution in [0.4, 0.5) is 5.69 Å². The maximum absolute atomic E-state index is 12.1. The Hall–Kier alpha value is -1.72. The van der Waals surface area contributed by atoms with E-state index in [1.165, 1.54) is 23.9 Å². The highest BCUT2D eigenvalue weighted by Crippen LogP contribution is 2.33. The molecule has 2 rings (SSSR count). The van der Waals surface area contributed by atoms with Gasteiger partial charge in [-0.15, -0.1) is 0 Å². The molecular weight excluding hydrogens is 289 g/mol. The molecule has 0 atom stereocenters. The van der Waals surface area contributed by atoms with Crippen molar-refractivity contribution in [1.29, 1.82) is 0 Å². The highest BCUT2D eigenvalue weighted by Gasteiger charge is 2.14. The van der Waals surface area contributed by atoms with Gasteiger partial charge in [0.15, 0.2) is 0 Å². The van der Waals surface area contributed by atoms with Gasteiger partial charge in [0.25, 0.3) is 5.56 Å². The van der Waals surface area contributed by atoms with Gasteiger partial charge in [-0.2, -0.15) is 0 Å². The molecule has 0 aliphatic carbocycles. The molecule has 0 aliphatic rings. The fraction of sp³-hybridized carbons (Fsp3) is 0.167. The molecule has 0 aliphatic heterocycles. The number of anilines is 1.